The molecule has 1 aliphatic heterocycles. The summed E-state index contributed by atoms with van der Waals surface area (Å²) in [6, 6.07) is 12.9. The smallest absolute Gasteiger partial charge is 0.375 e. The standard InChI is InChI=1S/C20H21F4N3OS/c21-15-5-7-16(8-6-15)26-9-11-27(12-10-26)19(28)13-25-17-3-1-2-4-18(17)29-14-20(22,23)24/h1-8,25H,9-14H2. The number of amides is 1. The van der Waals surface area contributed by atoms with Crippen molar-refractivity contribution in [2.45, 2.75) is 11.1 Å². The van der Waals surface area contributed by atoms with Gasteiger partial charge >= 0.3 is 6.18 Å². The zero-order chi connectivity index (χ0) is 20.9. The van der Waals surface area contributed by atoms with Crippen molar-refractivity contribution in [3.05, 3.63) is 54.3 Å². The maximum Gasteiger partial charge on any atom is 0.398 e. The number of carbonyl (C=O) groups excluding carboxylic acids is 1. The van der Waals surface area contributed by atoms with Gasteiger partial charge in [0.2, 0.25) is 5.91 Å². The van der Waals surface area contributed by atoms with Crippen molar-refractivity contribution in [1.82, 2.24) is 4.90 Å². The van der Waals surface area contributed by atoms with Crippen LogP contribution in [0.2, 0.25) is 0 Å². The third kappa shape index (κ3) is 6.28. The van der Waals surface area contributed by atoms with Gasteiger partial charge in [0.1, 0.15) is 5.82 Å². The van der Waals surface area contributed by atoms with Crippen LogP contribution in [0.3, 0.4) is 0 Å². The minimum Gasteiger partial charge on any atom is -0.375 e. The Bertz CT molecular complexity index is 821. The molecular weight excluding hydrogens is 406 g/mol. The van der Waals surface area contributed by atoms with Crippen LogP contribution < -0.4 is 10.2 Å². The number of halogens is 4. The molecule has 2 aromatic carbocycles. The summed E-state index contributed by atoms with van der Waals surface area (Å²) in [5, 5.41) is 2.96. The predicted octanol–water partition coefficient (Wildman–Crippen LogP) is 4.24. The Morgan fingerprint density at radius 2 is 1.66 bits per heavy atom. The molecule has 1 saturated heterocycles. The largest absolute Gasteiger partial charge is 0.398 e. The Labute approximate surface area is 170 Å². The molecule has 0 unspecified atom stereocenters. The Hall–Kier alpha value is -2.42. The second-order valence-corrected chi connectivity index (χ2v) is 7.61. The maximum atomic E-state index is 13.0. The van der Waals surface area contributed by atoms with Gasteiger partial charge in [0.25, 0.3) is 0 Å². The fraction of sp³-hybridized carbons (Fsp3) is 0.350. The summed E-state index contributed by atoms with van der Waals surface area (Å²) in [6.45, 7) is 2.34. The zero-order valence-electron chi connectivity index (χ0n) is 15.6. The number of anilines is 2. The summed E-state index contributed by atoms with van der Waals surface area (Å²) < 4.78 is 50.5. The average molecular weight is 427 g/mol. The average Bonchev–Trinajstić information content (AvgIpc) is 2.71. The lowest BCUT2D eigenvalue weighted by molar-refractivity contribution is -0.129. The van der Waals surface area contributed by atoms with E-state index >= 15 is 0 Å². The number of thioether (sulfide) groups is 1. The van der Waals surface area contributed by atoms with E-state index in [4.69, 9.17) is 0 Å². The van der Waals surface area contributed by atoms with Crippen LogP contribution >= 0.6 is 11.8 Å². The lowest BCUT2D eigenvalue weighted by atomic mass is 10.2. The Balaban J connectivity index is 1.50. The van der Waals surface area contributed by atoms with Gasteiger partial charge in [-0.3, -0.25) is 4.79 Å². The lowest BCUT2D eigenvalue weighted by Crippen LogP contribution is -2.50. The van der Waals surface area contributed by atoms with Crippen LogP contribution in [0, 0.1) is 5.82 Å². The van der Waals surface area contributed by atoms with E-state index in [9.17, 15) is 22.4 Å². The van der Waals surface area contributed by atoms with Crippen LogP contribution in [-0.4, -0.2) is 55.5 Å². The number of para-hydroxylation sites is 1. The van der Waals surface area contributed by atoms with E-state index in [2.05, 4.69) is 10.2 Å². The van der Waals surface area contributed by atoms with Crippen LogP contribution in [0.15, 0.2) is 53.4 Å². The number of rotatable bonds is 6. The zero-order valence-corrected chi connectivity index (χ0v) is 16.4. The predicted molar refractivity (Wildman–Crippen MR) is 107 cm³/mol. The second-order valence-electron chi connectivity index (χ2n) is 6.60. The van der Waals surface area contributed by atoms with Crippen LogP contribution in [-0.2, 0) is 4.79 Å². The van der Waals surface area contributed by atoms with Crippen molar-refractivity contribution < 1.29 is 22.4 Å². The van der Waals surface area contributed by atoms with Gasteiger partial charge in [-0.05, 0) is 36.4 Å². The van der Waals surface area contributed by atoms with Gasteiger partial charge in [-0.2, -0.15) is 13.2 Å². The number of alkyl halides is 3. The van der Waals surface area contributed by atoms with Crippen molar-refractivity contribution >= 4 is 29.0 Å². The second kappa shape index (κ2) is 9.39. The molecule has 1 N–H and O–H groups in total. The van der Waals surface area contributed by atoms with Gasteiger partial charge in [-0.15, -0.1) is 11.8 Å². The first-order valence-corrected chi connectivity index (χ1v) is 10.1. The Kier molecular flexibility index (Phi) is 6.89. The summed E-state index contributed by atoms with van der Waals surface area (Å²) in [6.07, 6.45) is -4.25. The summed E-state index contributed by atoms with van der Waals surface area (Å²) in [5.74, 6) is -1.38. The van der Waals surface area contributed by atoms with Crippen molar-refractivity contribution in [2.75, 3.05) is 48.7 Å². The first-order chi connectivity index (χ1) is 13.8. The van der Waals surface area contributed by atoms with Crippen molar-refractivity contribution in [3.8, 4) is 0 Å². The number of nitrogens with zero attached hydrogens (tertiary/aromatic N) is 2. The summed E-state index contributed by atoms with van der Waals surface area (Å²) in [4.78, 5) is 16.8. The molecule has 0 atom stereocenters. The molecule has 1 heterocycles. The molecule has 0 saturated carbocycles. The molecule has 4 nitrogen and oxygen atoms in total. The van der Waals surface area contributed by atoms with Crippen LogP contribution in [0.25, 0.3) is 0 Å². The van der Waals surface area contributed by atoms with Crippen LogP contribution in [0.5, 0.6) is 0 Å². The molecule has 0 aliphatic carbocycles. The monoisotopic (exact) mass is 427 g/mol. The van der Waals surface area contributed by atoms with Gasteiger partial charge in [-0.1, -0.05) is 12.1 Å². The topological polar surface area (TPSA) is 35.6 Å². The SMILES string of the molecule is O=C(CNc1ccccc1SCC(F)(F)F)N1CCN(c2ccc(F)cc2)CC1. The molecule has 0 bridgehead atoms. The molecule has 9 heteroatoms. The molecule has 1 amide bonds. The van der Waals surface area contributed by atoms with Gasteiger partial charge in [0.05, 0.1) is 12.3 Å². The maximum absolute atomic E-state index is 13.0. The van der Waals surface area contributed by atoms with Crippen LogP contribution in [0.1, 0.15) is 0 Å². The summed E-state index contributed by atoms with van der Waals surface area (Å²) in [7, 11) is 0. The normalized spacial score (nSPS) is 14.8. The molecular formula is C20H21F4N3OS. The molecule has 1 aliphatic rings. The molecule has 29 heavy (non-hydrogen) atoms. The van der Waals surface area contributed by atoms with E-state index in [1.54, 1.807) is 41.3 Å². The Morgan fingerprint density at radius 3 is 2.31 bits per heavy atom. The summed E-state index contributed by atoms with van der Waals surface area (Å²) in [5.41, 5.74) is 1.42. The number of nitrogens with one attached hydrogen (secondary N) is 1. The van der Waals surface area contributed by atoms with Gasteiger partial charge in [-0.25, -0.2) is 4.39 Å². The number of carbonyl (C=O) groups is 1. The molecule has 156 valence electrons. The third-order valence-corrected chi connectivity index (χ3v) is 5.67. The lowest BCUT2D eigenvalue weighted by Gasteiger charge is -2.36. The molecule has 1 fully saturated rings. The number of benzene rings is 2. The highest BCUT2D eigenvalue weighted by atomic mass is 32.2. The minimum absolute atomic E-state index is 0.0140. The molecule has 3 rings (SSSR count). The highest BCUT2D eigenvalue weighted by Gasteiger charge is 2.28. The first-order valence-electron chi connectivity index (χ1n) is 9.12. The number of piperazine rings is 1. The van der Waals surface area contributed by atoms with E-state index in [-0.39, 0.29) is 18.3 Å². The van der Waals surface area contributed by atoms with Crippen molar-refractivity contribution in [2.24, 2.45) is 0 Å². The highest BCUT2D eigenvalue weighted by molar-refractivity contribution is 7.99. The van der Waals surface area contributed by atoms with Crippen molar-refractivity contribution in [3.63, 3.8) is 0 Å². The Morgan fingerprint density at radius 1 is 1.00 bits per heavy atom. The molecule has 0 aromatic heterocycles. The van der Waals surface area contributed by atoms with E-state index in [0.717, 1.165) is 5.69 Å². The van der Waals surface area contributed by atoms with Gasteiger partial charge < -0.3 is 15.1 Å². The summed E-state index contributed by atoms with van der Waals surface area (Å²) >= 11 is 0.694. The number of hydrogen-bond acceptors (Lipinski definition) is 4. The molecule has 0 spiro atoms. The number of hydrogen-bond donors (Lipinski definition) is 1. The quantitative estimate of drug-likeness (QED) is 0.553. The van der Waals surface area contributed by atoms with E-state index < -0.39 is 11.9 Å². The third-order valence-electron chi connectivity index (χ3n) is 4.53. The van der Waals surface area contributed by atoms with Gasteiger partial charge in [0, 0.05) is 42.4 Å². The van der Waals surface area contributed by atoms with Crippen LogP contribution in [0.4, 0.5) is 28.9 Å². The van der Waals surface area contributed by atoms with E-state index in [0.29, 0.717) is 48.5 Å². The van der Waals surface area contributed by atoms with E-state index in [1.165, 1.54) is 12.1 Å². The fourth-order valence-electron chi connectivity index (χ4n) is 3.05. The van der Waals surface area contributed by atoms with Crippen molar-refractivity contribution in [1.29, 1.82) is 0 Å². The highest BCUT2D eigenvalue weighted by Crippen LogP contribution is 2.32. The first kappa shape index (κ1) is 21.3. The molecule has 2 aromatic rings. The van der Waals surface area contributed by atoms with Gasteiger partial charge in [0.15, 0.2) is 0 Å². The molecule has 0 radical (unpaired) electrons. The minimum atomic E-state index is -4.25. The van der Waals surface area contributed by atoms with E-state index in [1.807, 2.05) is 0 Å². The fourth-order valence-corrected chi connectivity index (χ4v) is 3.84.